The van der Waals surface area contributed by atoms with E-state index < -0.39 is 5.82 Å². The fourth-order valence-electron chi connectivity index (χ4n) is 4.32. The summed E-state index contributed by atoms with van der Waals surface area (Å²) >= 11 is 0. The third kappa shape index (κ3) is 4.07. The Kier molecular flexibility index (Phi) is 5.45. The molecule has 0 radical (unpaired) electrons. The van der Waals surface area contributed by atoms with Crippen LogP contribution in [-0.2, 0) is 6.54 Å². The monoisotopic (exact) mass is 419 g/mol. The van der Waals surface area contributed by atoms with Crippen molar-refractivity contribution in [2.24, 2.45) is 0 Å². The Morgan fingerprint density at radius 3 is 2.45 bits per heavy atom. The second-order valence-electron chi connectivity index (χ2n) is 8.37. The number of hydrogen-bond donors (Lipinski definition) is 0. The van der Waals surface area contributed by atoms with E-state index in [1.165, 1.54) is 12.5 Å². The van der Waals surface area contributed by atoms with E-state index in [1.807, 2.05) is 30.3 Å². The highest BCUT2D eigenvalue weighted by Gasteiger charge is 2.36. The van der Waals surface area contributed by atoms with Gasteiger partial charge in [-0.15, -0.1) is 0 Å². The van der Waals surface area contributed by atoms with Crippen LogP contribution in [0.5, 0.6) is 0 Å². The van der Waals surface area contributed by atoms with Crippen LogP contribution in [0.3, 0.4) is 0 Å². The molecule has 1 aliphatic carbocycles. The van der Waals surface area contributed by atoms with Crippen molar-refractivity contribution in [3.05, 3.63) is 71.5 Å². The minimum atomic E-state index is -0.483. The number of benzene rings is 2. The average molecular weight is 420 g/mol. The van der Waals surface area contributed by atoms with Gasteiger partial charge in [-0.3, -0.25) is 4.79 Å². The first kappa shape index (κ1) is 19.8. The number of anilines is 1. The molecule has 3 aromatic rings. The molecule has 2 heterocycles. The van der Waals surface area contributed by atoms with Crippen molar-refractivity contribution in [2.45, 2.75) is 44.7 Å². The third-order valence-corrected chi connectivity index (χ3v) is 6.14. The van der Waals surface area contributed by atoms with Crippen LogP contribution < -0.4 is 4.90 Å². The normalized spacial score (nSPS) is 16.4. The van der Waals surface area contributed by atoms with Gasteiger partial charge in [0.1, 0.15) is 11.5 Å². The maximum atomic E-state index is 14.4. The number of aromatic nitrogens is 1. The van der Waals surface area contributed by atoms with E-state index in [4.69, 9.17) is 4.52 Å². The minimum absolute atomic E-state index is 0.117. The molecule has 5 rings (SSSR count). The summed E-state index contributed by atoms with van der Waals surface area (Å²) in [5.74, 6) is -0.0149. The van der Waals surface area contributed by atoms with E-state index >= 15 is 0 Å². The lowest BCUT2D eigenvalue weighted by Crippen LogP contribution is -2.35. The van der Waals surface area contributed by atoms with E-state index in [9.17, 15) is 9.18 Å². The first-order chi connectivity index (χ1) is 15.2. The van der Waals surface area contributed by atoms with Gasteiger partial charge in [0.2, 0.25) is 5.88 Å². The minimum Gasteiger partial charge on any atom is -0.340 e. The Hall–Kier alpha value is -3.15. The summed E-state index contributed by atoms with van der Waals surface area (Å²) in [6.45, 7) is 2.19. The van der Waals surface area contributed by atoms with Crippen LogP contribution in [0.25, 0.3) is 11.3 Å². The van der Waals surface area contributed by atoms with Crippen LogP contribution in [-0.4, -0.2) is 35.1 Å². The number of carbonyl (C=O) groups excluding carboxylic acids is 1. The molecular formula is C25H26FN3O2. The number of nitrogens with zero attached hydrogens (tertiary/aromatic N) is 3. The maximum Gasteiger partial charge on any atom is 0.257 e. The van der Waals surface area contributed by atoms with Crippen molar-refractivity contribution in [3.63, 3.8) is 0 Å². The number of halogens is 1. The van der Waals surface area contributed by atoms with Crippen LogP contribution in [0.4, 0.5) is 10.3 Å². The molecule has 5 nitrogen and oxygen atoms in total. The molecule has 1 saturated heterocycles. The van der Waals surface area contributed by atoms with Gasteiger partial charge in [-0.25, -0.2) is 4.39 Å². The molecule has 1 aromatic heterocycles. The number of hydrogen-bond acceptors (Lipinski definition) is 4. The van der Waals surface area contributed by atoms with Gasteiger partial charge in [0.15, 0.2) is 0 Å². The molecule has 160 valence electrons. The molecule has 0 N–H and O–H groups in total. The van der Waals surface area contributed by atoms with Crippen LogP contribution in [0.1, 0.15) is 48.0 Å². The van der Waals surface area contributed by atoms with Gasteiger partial charge in [-0.05, 0) is 44.2 Å². The average Bonchev–Trinajstić information content (AvgIpc) is 3.57. The SMILES string of the molecule is O=C(c1ccccc1F)N(Cc1c(-c2ccccc2)noc1N1CCCCC1)C1CC1. The lowest BCUT2D eigenvalue weighted by molar-refractivity contribution is 0.0725. The predicted molar refractivity (Wildman–Crippen MR) is 117 cm³/mol. The van der Waals surface area contributed by atoms with Crippen LogP contribution in [0.15, 0.2) is 59.1 Å². The Labute approximate surface area is 181 Å². The van der Waals surface area contributed by atoms with Gasteiger partial charge in [0.05, 0.1) is 17.7 Å². The van der Waals surface area contributed by atoms with E-state index in [1.54, 1.807) is 23.1 Å². The Morgan fingerprint density at radius 2 is 1.74 bits per heavy atom. The van der Waals surface area contributed by atoms with Gasteiger partial charge >= 0.3 is 0 Å². The molecule has 1 amide bonds. The number of amides is 1. The summed E-state index contributed by atoms with van der Waals surface area (Å²) in [7, 11) is 0. The second-order valence-corrected chi connectivity index (χ2v) is 8.37. The molecule has 6 heteroatoms. The Bertz CT molecular complexity index is 1060. The molecule has 1 aliphatic heterocycles. The summed E-state index contributed by atoms with van der Waals surface area (Å²) in [6.07, 6.45) is 5.31. The van der Waals surface area contributed by atoms with Gasteiger partial charge in [0.25, 0.3) is 5.91 Å². The van der Waals surface area contributed by atoms with Crippen LogP contribution >= 0.6 is 0 Å². The van der Waals surface area contributed by atoms with Gasteiger partial charge in [-0.2, -0.15) is 0 Å². The van der Waals surface area contributed by atoms with Crippen LogP contribution in [0.2, 0.25) is 0 Å². The van der Waals surface area contributed by atoms with E-state index in [0.717, 1.165) is 61.5 Å². The summed E-state index contributed by atoms with van der Waals surface area (Å²) in [5, 5.41) is 4.42. The molecule has 0 unspecified atom stereocenters. The van der Waals surface area contributed by atoms with Crippen molar-refractivity contribution in [1.29, 1.82) is 0 Å². The molecule has 1 saturated carbocycles. The highest BCUT2D eigenvalue weighted by Crippen LogP contribution is 2.37. The van der Waals surface area contributed by atoms with Crippen molar-refractivity contribution in [3.8, 4) is 11.3 Å². The maximum absolute atomic E-state index is 14.4. The van der Waals surface area contributed by atoms with E-state index in [0.29, 0.717) is 6.54 Å². The number of piperidine rings is 1. The topological polar surface area (TPSA) is 49.6 Å². The molecule has 0 atom stereocenters. The van der Waals surface area contributed by atoms with Crippen molar-refractivity contribution >= 4 is 11.8 Å². The third-order valence-electron chi connectivity index (χ3n) is 6.14. The largest absolute Gasteiger partial charge is 0.340 e. The first-order valence-electron chi connectivity index (χ1n) is 11.1. The first-order valence-corrected chi connectivity index (χ1v) is 11.1. The molecular weight excluding hydrogens is 393 g/mol. The molecule has 2 aliphatic rings. The molecule has 2 aromatic carbocycles. The number of rotatable bonds is 6. The standard InChI is InChI=1S/C25H26FN3O2/c26-22-12-6-5-11-20(22)24(30)29(19-13-14-19)17-21-23(18-9-3-1-4-10-18)27-31-25(21)28-15-7-2-8-16-28/h1,3-6,9-12,19H,2,7-8,13-17H2. The fraction of sp³-hybridized carbons (Fsp3) is 0.360. The van der Waals surface area contributed by atoms with Gasteiger partial charge < -0.3 is 14.3 Å². The van der Waals surface area contributed by atoms with Crippen LogP contribution in [0, 0.1) is 5.82 Å². The predicted octanol–water partition coefficient (Wildman–Crippen LogP) is 5.28. The van der Waals surface area contributed by atoms with Crippen molar-refractivity contribution in [2.75, 3.05) is 18.0 Å². The summed E-state index contributed by atoms with van der Waals surface area (Å²) in [5.41, 5.74) is 2.74. The second kappa shape index (κ2) is 8.53. The summed E-state index contributed by atoms with van der Waals surface area (Å²) in [4.78, 5) is 17.4. The van der Waals surface area contributed by atoms with Gasteiger partial charge in [-0.1, -0.05) is 47.6 Å². The summed E-state index contributed by atoms with van der Waals surface area (Å²) in [6, 6.07) is 16.2. The lowest BCUT2D eigenvalue weighted by Gasteiger charge is -2.28. The van der Waals surface area contributed by atoms with E-state index in [2.05, 4.69) is 10.1 Å². The molecule has 2 fully saturated rings. The summed E-state index contributed by atoms with van der Waals surface area (Å²) < 4.78 is 20.3. The fourth-order valence-corrected chi connectivity index (χ4v) is 4.32. The smallest absolute Gasteiger partial charge is 0.257 e. The highest BCUT2D eigenvalue weighted by molar-refractivity contribution is 5.95. The quantitative estimate of drug-likeness (QED) is 0.546. The van der Waals surface area contributed by atoms with Crippen molar-refractivity contribution < 1.29 is 13.7 Å². The molecule has 31 heavy (non-hydrogen) atoms. The van der Waals surface area contributed by atoms with Gasteiger partial charge in [0, 0.05) is 24.7 Å². The lowest BCUT2D eigenvalue weighted by atomic mass is 10.0. The highest BCUT2D eigenvalue weighted by atomic mass is 19.1. The zero-order valence-electron chi connectivity index (χ0n) is 17.5. The Morgan fingerprint density at radius 1 is 1.03 bits per heavy atom. The zero-order valence-corrected chi connectivity index (χ0v) is 17.5. The zero-order chi connectivity index (χ0) is 21.2. The van der Waals surface area contributed by atoms with Crippen molar-refractivity contribution in [1.82, 2.24) is 10.1 Å². The molecule has 0 spiro atoms. The number of carbonyl (C=O) groups is 1. The van der Waals surface area contributed by atoms with E-state index in [-0.39, 0.29) is 17.5 Å². The molecule has 0 bridgehead atoms. The Balaban J connectivity index is 1.53.